The van der Waals surface area contributed by atoms with Crippen LogP contribution in [0.15, 0.2) is 267 Å². The number of aliphatic hydroxyl groups excluding tert-OH is 1. The predicted octanol–water partition coefficient (Wildman–Crippen LogP) is 24.5. The molecule has 2 atom stereocenters. The predicted molar refractivity (Wildman–Crippen MR) is 569 cm³/mol. The normalized spacial score (nSPS) is 12.9. The van der Waals surface area contributed by atoms with Gasteiger partial charge in [0, 0.05) is 52.5 Å². The van der Waals surface area contributed by atoms with Crippen LogP contribution in [0.4, 0.5) is 0 Å². The van der Waals surface area contributed by atoms with Gasteiger partial charge >= 0.3 is 11.9 Å². The summed E-state index contributed by atoms with van der Waals surface area (Å²) >= 11 is 0. The van der Waals surface area contributed by atoms with E-state index in [4.69, 9.17) is 51.6 Å². The summed E-state index contributed by atoms with van der Waals surface area (Å²) in [5.74, 6) is -0.875. The average Bonchev–Trinajstić information content (AvgIpc) is 0.732. The van der Waals surface area contributed by atoms with Crippen molar-refractivity contribution in [3.8, 4) is 0 Å². The van der Waals surface area contributed by atoms with Gasteiger partial charge in [0.05, 0.1) is 45.2 Å². The third-order valence-electron chi connectivity index (χ3n) is 25.1. The fourth-order valence-electron chi connectivity index (χ4n) is 18.3. The van der Waals surface area contributed by atoms with Gasteiger partial charge in [-0.1, -0.05) is 467 Å². The molecular weight excluding hydrogens is 1710 g/mol. The maximum Gasteiger partial charge on any atom is 0.306 e. The minimum absolute atomic E-state index is 0.0271. The Bertz CT molecular complexity index is 4130. The van der Waals surface area contributed by atoms with Crippen molar-refractivity contribution in [1.29, 1.82) is 0 Å². The van der Waals surface area contributed by atoms with Crippen molar-refractivity contribution in [2.24, 2.45) is 0 Å². The number of aliphatic hydroxyl groups is 1. The number of carbonyl (C=O) groups excluding carboxylic acids is 1. The number of ether oxygens (including phenoxy) is 5. The molecule has 0 bridgehead atoms. The van der Waals surface area contributed by atoms with Crippen molar-refractivity contribution >= 4 is 86.7 Å². The molecule has 13 nitrogen and oxygen atoms in total. The minimum atomic E-state index is -2.83. The highest BCUT2D eigenvalue weighted by molar-refractivity contribution is 7.01. The summed E-state index contributed by atoms with van der Waals surface area (Å²) in [6.45, 7) is 38.6. The lowest BCUT2D eigenvalue weighted by atomic mass is 10.1. The van der Waals surface area contributed by atoms with E-state index in [1.54, 1.807) is 0 Å². The number of carboxylic acid groups (broad SMARTS) is 1. The summed E-state index contributed by atoms with van der Waals surface area (Å²) in [4.78, 5) is 23.3. The lowest BCUT2D eigenvalue weighted by molar-refractivity contribution is -0.142. The summed E-state index contributed by atoms with van der Waals surface area (Å²) in [7, 11) is -10.7. The molecule has 0 amide bonds. The van der Waals surface area contributed by atoms with E-state index < -0.39 is 39.2 Å². The highest BCUT2D eigenvalue weighted by atomic mass is 28.4. The first kappa shape index (κ1) is 114. The molecule has 8 rings (SSSR count). The monoisotopic (exact) mass is 1890 g/mol. The van der Waals surface area contributed by atoms with Gasteiger partial charge in [0.25, 0.3) is 33.3 Å². The van der Waals surface area contributed by atoms with Gasteiger partial charge in [0.2, 0.25) is 0 Å². The summed E-state index contributed by atoms with van der Waals surface area (Å²) in [6.07, 6.45) is 39.3. The Kier molecular flexibility index (Phi) is 55.7. The largest absolute Gasteiger partial charge is 0.481 e. The molecule has 0 spiro atoms. The van der Waals surface area contributed by atoms with Gasteiger partial charge < -0.3 is 51.6 Å². The lowest BCUT2D eigenvalue weighted by Gasteiger charge is -2.45. The number of carbonyl (C=O) groups is 2. The van der Waals surface area contributed by atoms with Crippen LogP contribution in [0.5, 0.6) is 0 Å². The quantitative estimate of drug-likeness (QED) is 0.0161. The average molecular weight is 1890 g/mol. The Labute approximate surface area is 810 Å². The third kappa shape index (κ3) is 39.6. The highest BCUT2D eigenvalue weighted by Gasteiger charge is 2.55. The summed E-state index contributed by atoms with van der Waals surface area (Å²) < 4.78 is 60.2. The molecule has 0 aliphatic carbocycles. The van der Waals surface area contributed by atoms with E-state index in [-0.39, 0.29) is 51.4 Å². The number of benzene rings is 8. The molecule has 8 aromatic rings. The number of rotatable bonds is 65. The first-order valence-corrected chi connectivity index (χ1v) is 58.6. The van der Waals surface area contributed by atoms with Gasteiger partial charge in [-0.2, -0.15) is 0 Å². The molecule has 133 heavy (non-hydrogen) atoms. The minimum Gasteiger partial charge on any atom is -0.481 e. The Balaban J connectivity index is 0.000000368. The van der Waals surface area contributed by atoms with Crippen molar-refractivity contribution in [3.63, 3.8) is 0 Å². The van der Waals surface area contributed by atoms with E-state index in [2.05, 4.69) is 352 Å². The molecule has 732 valence electrons. The number of esters is 1. The van der Waals surface area contributed by atoms with E-state index in [1.807, 2.05) is 12.2 Å². The van der Waals surface area contributed by atoms with Crippen LogP contribution in [0.2, 0.25) is 20.2 Å². The molecular formula is C116H174O13Si4. The number of allylic oxidation sites excluding steroid dienone is 2. The van der Waals surface area contributed by atoms with Crippen LogP contribution >= 0.6 is 0 Å². The molecule has 17 heteroatoms. The van der Waals surface area contributed by atoms with E-state index in [0.717, 1.165) is 110 Å². The lowest BCUT2D eigenvalue weighted by Crippen LogP contribution is -2.68. The molecule has 0 heterocycles. The van der Waals surface area contributed by atoms with Crippen LogP contribution in [-0.2, 0) is 51.0 Å². The molecule has 2 N–H and O–H groups in total. The second-order valence-corrected chi connectivity index (χ2v) is 57.0. The van der Waals surface area contributed by atoms with Crippen LogP contribution in [0.1, 0.15) is 290 Å². The van der Waals surface area contributed by atoms with Crippen molar-refractivity contribution in [1.82, 2.24) is 0 Å². The van der Waals surface area contributed by atoms with Crippen LogP contribution in [0.3, 0.4) is 0 Å². The Morgan fingerprint density at radius 3 is 0.782 bits per heavy atom. The summed E-state index contributed by atoms with van der Waals surface area (Å²) in [6, 6.07) is 86.5. The van der Waals surface area contributed by atoms with Crippen molar-refractivity contribution < 1.29 is 61.2 Å². The zero-order chi connectivity index (χ0) is 96.1. The fourth-order valence-corrected chi connectivity index (χ4v) is 36.8. The van der Waals surface area contributed by atoms with Crippen LogP contribution in [-0.4, -0.2) is 147 Å². The first-order chi connectivity index (χ1) is 64.3. The third-order valence-corrected chi connectivity index (χ3v) is 45.4. The van der Waals surface area contributed by atoms with Crippen LogP contribution < -0.4 is 41.5 Å². The smallest absolute Gasteiger partial charge is 0.306 e. The Morgan fingerprint density at radius 2 is 0.519 bits per heavy atom. The molecule has 0 saturated heterocycles. The van der Waals surface area contributed by atoms with Crippen LogP contribution in [0.25, 0.3) is 0 Å². The van der Waals surface area contributed by atoms with Gasteiger partial charge in [-0.25, -0.2) is 0 Å². The SMILES string of the molecule is CC(C)(C)[Si](OCCCCCCOCC(COCCCCCC(=O)O)O[Si](c1ccccc1)(c1ccccc1)C(C)(C)C)(c1ccccc1)c1ccccc1.CCCCCCCC/C=C\CO.CCCCCCCC/C=C\COC(=O)CCCCCOCC(COCCCCCCO[Si](c1ccccc1)(c1ccccc1)C(C)(C)C)O[Si](c1ccccc1)(c1ccccc1)C(C)(C)C. The van der Waals surface area contributed by atoms with E-state index in [9.17, 15) is 9.59 Å². The van der Waals surface area contributed by atoms with Gasteiger partial charge in [-0.3, -0.25) is 9.59 Å². The van der Waals surface area contributed by atoms with Gasteiger partial charge in [-0.05, 0) is 139 Å². The maximum atomic E-state index is 12.4. The second-order valence-electron chi connectivity index (χ2n) is 39.9. The Morgan fingerprint density at radius 1 is 0.286 bits per heavy atom. The van der Waals surface area contributed by atoms with Crippen molar-refractivity contribution in [3.05, 3.63) is 267 Å². The number of unbranched alkanes of at least 4 members (excludes halogenated alkanes) is 22. The molecule has 0 fully saturated rings. The van der Waals surface area contributed by atoms with E-state index in [1.165, 1.54) is 119 Å². The van der Waals surface area contributed by atoms with Crippen molar-refractivity contribution in [2.75, 3.05) is 79.3 Å². The van der Waals surface area contributed by atoms with Gasteiger partial charge in [0.15, 0.2) is 0 Å². The Hall–Kier alpha value is -7.31. The molecule has 0 aromatic heterocycles. The van der Waals surface area contributed by atoms with E-state index in [0.29, 0.717) is 72.3 Å². The summed E-state index contributed by atoms with van der Waals surface area (Å²) in [5, 5.41) is 27.3. The summed E-state index contributed by atoms with van der Waals surface area (Å²) in [5.41, 5.74) is 0. The van der Waals surface area contributed by atoms with Gasteiger partial charge in [-0.15, -0.1) is 0 Å². The molecule has 0 radical (unpaired) electrons. The molecule has 0 saturated carbocycles. The van der Waals surface area contributed by atoms with E-state index >= 15 is 0 Å². The van der Waals surface area contributed by atoms with Crippen LogP contribution in [0, 0.1) is 0 Å². The topological polar surface area (TPSA) is 158 Å². The molecule has 0 aliphatic heterocycles. The highest BCUT2D eigenvalue weighted by Crippen LogP contribution is 2.42. The van der Waals surface area contributed by atoms with Crippen molar-refractivity contribution in [2.45, 2.75) is 322 Å². The zero-order valence-electron chi connectivity index (χ0n) is 84.6. The first-order valence-electron chi connectivity index (χ1n) is 51.0. The number of aliphatic carboxylic acids is 1. The molecule has 0 aliphatic rings. The standard InChI is InChI=1S/C58H86O6Si2.C47H66O6Si2.C11H22O/c1-8-9-10-11-12-13-14-15-34-47-62-56(59)44-31-22-33-46-61-50-51(64-66(58(5,6)7,54-40-27-20-28-41-54)55-42-29-21-30-43-55)49-60-45-32-16-17-35-48-63-65(57(2,3)4,52-36-23-18-24-37-52)53-38-25-19-26-39-53;1-46(2,3)54(41-26-14-9-15-27-41,42-28-16-10-17-29-42)52-37-25-8-7-23-35-50-38-40(39-51-36-24-13-22-34-45(48)49)53-55(47(4,5)6,43-30-18-11-19-31-43)44-32-20-12-21-33-44;1-2-3-4-5-6-7-8-9-10-11-12/h15,18-21,23-30,34,36-43,51H,8-14,16-17,22,31-33,35,44-50H2,1-7H3;9-12,14-21,26-33,40H,7-8,13,22-25,34-39H2,1-6H3,(H,48,49);9-10,12H,2-8,11H2,1H3/b34-15-;;10-9-. The second kappa shape index (κ2) is 64.7. The fraction of sp³-hybridized carbons (Fsp3) is 0.534. The number of hydrogen-bond acceptors (Lipinski definition) is 12. The zero-order valence-corrected chi connectivity index (χ0v) is 88.6. The molecule has 2 unspecified atom stereocenters. The maximum absolute atomic E-state index is 12.4. The number of carboxylic acids is 1. The molecule has 8 aromatic carbocycles. The van der Waals surface area contributed by atoms with Gasteiger partial charge in [0.1, 0.15) is 6.61 Å². The number of hydrogen-bond donors (Lipinski definition) is 2.